The molecule has 1 unspecified atom stereocenters. The number of fused-ring (bicyclic) bond motifs is 3. The molecule has 0 amide bonds. The number of epoxide rings is 1. The Hall–Kier alpha value is -2.40. The molecule has 8 nitrogen and oxygen atoms in total. The summed E-state index contributed by atoms with van der Waals surface area (Å²) in [6, 6.07) is 0. The van der Waals surface area contributed by atoms with Crippen molar-refractivity contribution >= 4 is 17.9 Å². The monoisotopic (exact) mass is 477 g/mol. The number of ether oxygens (including phenoxy) is 2. The molecule has 5 atom stereocenters. The molecule has 2 saturated heterocycles. The molecule has 2 N–H and O–H groups in total. The van der Waals surface area contributed by atoms with E-state index in [1.165, 1.54) is 0 Å². The van der Waals surface area contributed by atoms with Crippen LogP contribution in [-0.2, 0) is 23.9 Å². The molecule has 0 aromatic carbocycles. The molecule has 186 valence electrons. The third-order valence-corrected chi connectivity index (χ3v) is 5.96. The second-order valence-electron chi connectivity index (χ2n) is 9.03. The minimum Gasteiger partial charge on any atom is -0.478 e. The second-order valence-corrected chi connectivity index (χ2v) is 9.03. The lowest BCUT2D eigenvalue weighted by Gasteiger charge is -2.24. The van der Waals surface area contributed by atoms with Crippen molar-refractivity contribution in [2.75, 3.05) is 20.6 Å². The quantitative estimate of drug-likeness (QED) is 0.269. The number of esters is 1. The molecule has 2 heterocycles. The predicted octanol–water partition coefficient (Wildman–Crippen LogP) is 3.03. The van der Waals surface area contributed by atoms with E-state index in [-0.39, 0.29) is 30.0 Å². The zero-order valence-corrected chi connectivity index (χ0v) is 18.8. The number of halogens is 3. The van der Waals surface area contributed by atoms with E-state index >= 15 is 0 Å². The number of allylic oxidation sites excluding steroid dienone is 2. The van der Waals surface area contributed by atoms with Crippen LogP contribution in [0.25, 0.3) is 0 Å². The van der Waals surface area contributed by atoms with Gasteiger partial charge in [0.25, 0.3) is 0 Å². The van der Waals surface area contributed by atoms with E-state index < -0.39 is 30.1 Å². The van der Waals surface area contributed by atoms with Gasteiger partial charge in [-0.2, -0.15) is 13.2 Å². The first-order valence-corrected chi connectivity index (χ1v) is 10.6. The maximum absolute atomic E-state index is 12.8. The van der Waals surface area contributed by atoms with Gasteiger partial charge < -0.3 is 24.6 Å². The average molecular weight is 477 g/mol. The number of carbonyl (C=O) groups is 3. The fourth-order valence-corrected chi connectivity index (χ4v) is 4.42. The van der Waals surface area contributed by atoms with Gasteiger partial charge in [-0.05, 0) is 46.7 Å². The number of hydrogen-bond donors (Lipinski definition) is 2. The summed E-state index contributed by atoms with van der Waals surface area (Å²) in [6.45, 7) is 2.50. The molecule has 1 aliphatic carbocycles. The van der Waals surface area contributed by atoms with E-state index in [1.54, 1.807) is 6.08 Å². The highest BCUT2D eigenvalue weighted by Crippen LogP contribution is 2.50. The fourth-order valence-electron chi connectivity index (χ4n) is 4.42. The Balaban J connectivity index is 0.000000414. The van der Waals surface area contributed by atoms with E-state index in [0.29, 0.717) is 50.0 Å². The number of aliphatic carboxylic acids is 2. The van der Waals surface area contributed by atoms with Gasteiger partial charge in [0, 0.05) is 24.6 Å². The van der Waals surface area contributed by atoms with E-state index in [9.17, 15) is 27.6 Å². The smallest absolute Gasteiger partial charge is 0.392 e. The molecule has 0 saturated carbocycles. The third kappa shape index (κ3) is 8.15. The summed E-state index contributed by atoms with van der Waals surface area (Å²) < 4.78 is 50.0. The third-order valence-electron chi connectivity index (χ3n) is 5.96. The topological polar surface area (TPSA) is 117 Å². The summed E-state index contributed by atoms with van der Waals surface area (Å²) in [4.78, 5) is 33.4. The van der Waals surface area contributed by atoms with Crippen LogP contribution >= 0.6 is 0 Å². The Labute approximate surface area is 190 Å². The molecule has 0 radical (unpaired) electrons. The van der Waals surface area contributed by atoms with Gasteiger partial charge in [0.1, 0.15) is 12.2 Å². The van der Waals surface area contributed by atoms with Crippen LogP contribution in [0.15, 0.2) is 23.8 Å². The largest absolute Gasteiger partial charge is 0.478 e. The Morgan fingerprint density at radius 2 is 1.85 bits per heavy atom. The maximum atomic E-state index is 12.8. The van der Waals surface area contributed by atoms with Crippen LogP contribution in [0.4, 0.5) is 13.2 Å². The van der Waals surface area contributed by atoms with Crippen LogP contribution in [0.1, 0.15) is 39.0 Å². The Kier molecular flexibility index (Phi) is 8.69. The Morgan fingerprint density at radius 3 is 2.36 bits per heavy atom. The minimum atomic E-state index is -4.21. The van der Waals surface area contributed by atoms with Gasteiger partial charge >= 0.3 is 24.1 Å². The van der Waals surface area contributed by atoms with Crippen LogP contribution in [0.2, 0.25) is 0 Å². The zero-order valence-electron chi connectivity index (χ0n) is 18.8. The summed E-state index contributed by atoms with van der Waals surface area (Å²) in [5.74, 6) is -3.17. The molecule has 11 heteroatoms. The molecule has 2 fully saturated rings. The van der Waals surface area contributed by atoms with Gasteiger partial charge in [-0.1, -0.05) is 11.6 Å². The van der Waals surface area contributed by atoms with E-state index in [2.05, 4.69) is 0 Å². The summed E-state index contributed by atoms with van der Waals surface area (Å²) in [5, 5.41) is 15.6. The van der Waals surface area contributed by atoms with Gasteiger partial charge in [-0.25, -0.2) is 9.59 Å². The van der Waals surface area contributed by atoms with Crippen molar-refractivity contribution in [2.45, 2.75) is 63.0 Å². The molecule has 0 aromatic rings. The summed E-state index contributed by atoms with van der Waals surface area (Å²) in [5.41, 5.74) is 0.0183. The molecule has 3 aliphatic rings. The highest BCUT2D eigenvalue weighted by molar-refractivity contribution is 5.89. The van der Waals surface area contributed by atoms with Crippen molar-refractivity contribution in [1.82, 2.24) is 4.90 Å². The number of nitrogens with zero attached hydrogens (tertiary/aromatic N) is 1. The first-order valence-electron chi connectivity index (χ1n) is 10.6. The van der Waals surface area contributed by atoms with Crippen LogP contribution < -0.4 is 0 Å². The van der Waals surface area contributed by atoms with Crippen molar-refractivity contribution in [1.29, 1.82) is 0 Å². The van der Waals surface area contributed by atoms with E-state index in [4.69, 9.17) is 19.7 Å². The lowest BCUT2D eigenvalue weighted by Crippen LogP contribution is -2.34. The van der Waals surface area contributed by atoms with Gasteiger partial charge in [-0.3, -0.25) is 4.79 Å². The second kappa shape index (κ2) is 10.7. The summed E-state index contributed by atoms with van der Waals surface area (Å²) in [6.07, 6.45) is -0.637. The van der Waals surface area contributed by atoms with E-state index in [0.717, 1.165) is 0 Å². The predicted molar refractivity (Wildman–Crippen MR) is 110 cm³/mol. The minimum absolute atomic E-state index is 0.101. The molecule has 3 rings (SSSR count). The van der Waals surface area contributed by atoms with Gasteiger partial charge in [0.2, 0.25) is 0 Å². The summed E-state index contributed by atoms with van der Waals surface area (Å²) in [7, 11) is 3.76. The number of alkyl halides is 3. The molecular formula is C22H30F3NO7. The standard InChI is InChI=1S/C18H26F3NO3.C4H4O4/c1-17-8-4-5-11(9-18(19,20)21)6-7-12-13(10-22(2)3)16(23)24-14(12)15(17)25-17;5-3(6)1-2-4(7)8/h5,12-15H,4,6-10H2,1-3H3;1-2H,(H,5,6)(H,7,8)/b11-5+;2-1+/t12-,13?,14-,15-,17+;/m0./s1. The average Bonchev–Trinajstić information content (AvgIpc) is 3.24. The van der Waals surface area contributed by atoms with Crippen molar-refractivity contribution < 1.29 is 47.2 Å². The fraction of sp³-hybridized carbons (Fsp3) is 0.682. The first kappa shape index (κ1) is 26.8. The van der Waals surface area contributed by atoms with Gasteiger partial charge in [0.05, 0.1) is 17.9 Å². The SMILES string of the molecule is CN(C)CC1C(=O)O[C@H]2[C@H]1CC/C(CC(F)(F)F)=C\CC[C@@]1(C)O[C@@H]21.O=C(O)/C=C/C(=O)O. The maximum Gasteiger partial charge on any atom is 0.392 e. The Morgan fingerprint density at radius 1 is 1.24 bits per heavy atom. The number of hydrogen-bond acceptors (Lipinski definition) is 6. The number of rotatable bonds is 5. The van der Waals surface area contributed by atoms with Gasteiger partial charge in [0.15, 0.2) is 0 Å². The van der Waals surface area contributed by atoms with Crippen LogP contribution in [0, 0.1) is 11.8 Å². The zero-order chi connectivity index (χ0) is 25.0. The van der Waals surface area contributed by atoms with Crippen molar-refractivity contribution in [2.24, 2.45) is 11.8 Å². The normalized spacial score (nSPS) is 33.2. The van der Waals surface area contributed by atoms with E-state index in [1.807, 2.05) is 25.9 Å². The van der Waals surface area contributed by atoms with Crippen LogP contribution in [0.5, 0.6) is 0 Å². The number of carboxylic acids is 2. The molecule has 0 aromatic heterocycles. The van der Waals surface area contributed by atoms with Crippen molar-refractivity contribution in [3.63, 3.8) is 0 Å². The first-order chi connectivity index (χ1) is 15.2. The summed E-state index contributed by atoms with van der Waals surface area (Å²) >= 11 is 0. The Bertz CT molecular complexity index is 792. The lowest BCUT2D eigenvalue weighted by atomic mass is 9.80. The van der Waals surface area contributed by atoms with Crippen molar-refractivity contribution in [3.8, 4) is 0 Å². The molecule has 0 spiro atoms. The molecular weight excluding hydrogens is 447 g/mol. The molecule has 33 heavy (non-hydrogen) atoms. The van der Waals surface area contributed by atoms with Gasteiger partial charge in [-0.15, -0.1) is 0 Å². The highest BCUT2D eigenvalue weighted by Gasteiger charge is 2.62. The lowest BCUT2D eigenvalue weighted by molar-refractivity contribution is -0.145. The number of carbonyl (C=O) groups excluding carboxylic acids is 1. The molecule has 2 aliphatic heterocycles. The van der Waals surface area contributed by atoms with Crippen molar-refractivity contribution in [3.05, 3.63) is 23.8 Å². The molecule has 0 bridgehead atoms. The van der Waals surface area contributed by atoms with Crippen LogP contribution in [0.3, 0.4) is 0 Å². The highest BCUT2D eigenvalue weighted by atomic mass is 19.4. The van der Waals surface area contributed by atoms with Crippen LogP contribution in [-0.4, -0.2) is 77.6 Å². The number of carboxylic acid groups (broad SMARTS) is 2.